The summed E-state index contributed by atoms with van der Waals surface area (Å²) in [5, 5.41) is 0. The molecule has 100 valence electrons. The molecule has 2 heterocycles. The van der Waals surface area contributed by atoms with E-state index in [2.05, 4.69) is 16.8 Å². The molecule has 0 spiro atoms. The minimum Gasteiger partial charge on any atom is -0.369 e. The molecule has 1 aliphatic heterocycles. The molecule has 0 atom stereocenters. The zero-order valence-electron chi connectivity index (χ0n) is 11.0. The summed E-state index contributed by atoms with van der Waals surface area (Å²) in [6, 6.07) is 5.52. The largest absolute Gasteiger partial charge is 0.369 e. The molecule has 0 bridgehead atoms. The first kappa shape index (κ1) is 12.6. The number of benzene rings is 1. The highest BCUT2D eigenvalue weighted by atomic mass is 32.1. The summed E-state index contributed by atoms with van der Waals surface area (Å²) in [7, 11) is 0. The van der Waals surface area contributed by atoms with Gasteiger partial charge in [-0.15, -0.1) is 11.3 Å². The molecule has 1 fully saturated rings. The van der Waals surface area contributed by atoms with Crippen molar-refractivity contribution >= 4 is 17.0 Å². The zero-order valence-corrected chi connectivity index (χ0v) is 11.8. The summed E-state index contributed by atoms with van der Waals surface area (Å²) in [6.45, 7) is 4.03. The number of aryl methyl sites for hydroxylation is 1. The minimum atomic E-state index is -0.130. The molecular weight excluding hydrogens is 259 g/mol. The summed E-state index contributed by atoms with van der Waals surface area (Å²) in [6.07, 6.45) is 3.26. The molecule has 0 radical (unpaired) electrons. The second-order valence-corrected chi connectivity index (χ2v) is 5.78. The van der Waals surface area contributed by atoms with Gasteiger partial charge in [-0.05, 0) is 31.4 Å². The number of hydrogen-bond acceptors (Lipinski definition) is 3. The fraction of sp³-hybridized carbons (Fsp3) is 0.400. The van der Waals surface area contributed by atoms with E-state index in [-0.39, 0.29) is 5.82 Å². The Kier molecular flexibility index (Phi) is 3.51. The van der Waals surface area contributed by atoms with Gasteiger partial charge in [0.1, 0.15) is 5.82 Å². The van der Waals surface area contributed by atoms with Crippen LogP contribution >= 0.6 is 11.3 Å². The van der Waals surface area contributed by atoms with Crippen LogP contribution in [0.15, 0.2) is 23.7 Å². The van der Waals surface area contributed by atoms with Gasteiger partial charge in [-0.2, -0.15) is 0 Å². The highest BCUT2D eigenvalue weighted by Gasteiger charge is 2.17. The Hall–Kier alpha value is -1.42. The number of halogens is 1. The molecule has 2 aromatic rings. The number of hydrogen-bond donors (Lipinski definition) is 0. The van der Waals surface area contributed by atoms with Gasteiger partial charge in [0, 0.05) is 23.5 Å². The predicted octanol–water partition coefficient (Wildman–Crippen LogP) is 4.11. The van der Waals surface area contributed by atoms with E-state index in [1.165, 1.54) is 4.88 Å². The van der Waals surface area contributed by atoms with Crippen molar-refractivity contribution in [1.29, 1.82) is 0 Å². The maximum Gasteiger partial charge on any atom is 0.147 e. The molecule has 3 rings (SSSR count). The number of nitrogens with zero attached hydrogens (tertiary/aromatic N) is 2. The topological polar surface area (TPSA) is 16.1 Å². The van der Waals surface area contributed by atoms with Gasteiger partial charge in [0.05, 0.1) is 16.9 Å². The summed E-state index contributed by atoms with van der Waals surface area (Å²) in [4.78, 5) is 7.71. The number of thiazole rings is 1. The maximum atomic E-state index is 14.3. The summed E-state index contributed by atoms with van der Waals surface area (Å²) in [5.74, 6) is -0.130. The third-order valence-electron chi connectivity index (χ3n) is 3.63. The minimum absolute atomic E-state index is 0.130. The Labute approximate surface area is 116 Å². The van der Waals surface area contributed by atoms with Crippen LogP contribution in [-0.2, 0) is 6.42 Å². The molecule has 0 aliphatic carbocycles. The van der Waals surface area contributed by atoms with Crippen LogP contribution < -0.4 is 4.90 Å². The van der Waals surface area contributed by atoms with Crippen molar-refractivity contribution in [2.24, 2.45) is 0 Å². The van der Waals surface area contributed by atoms with Crippen LogP contribution in [0.3, 0.4) is 0 Å². The van der Waals surface area contributed by atoms with Gasteiger partial charge in [-0.1, -0.05) is 13.0 Å². The SMILES string of the molecule is CCc1scnc1-c1ccc(N2CCCC2)c(F)c1. The number of aromatic nitrogens is 1. The Morgan fingerprint density at radius 3 is 2.79 bits per heavy atom. The molecule has 2 nitrogen and oxygen atoms in total. The van der Waals surface area contributed by atoms with E-state index in [1.54, 1.807) is 17.4 Å². The van der Waals surface area contributed by atoms with Crippen molar-refractivity contribution in [3.8, 4) is 11.3 Å². The highest BCUT2D eigenvalue weighted by molar-refractivity contribution is 7.10. The Morgan fingerprint density at radius 1 is 1.32 bits per heavy atom. The molecule has 1 aromatic carbocycles. The van der Waals surface area contributed by atoms with Gasteiger partial charge in [0.25, 0.3) is 0 Å². The first-order chi connectivity index (χ1) is 9.29. The fourth-order valence-electron chi connectivity index (χ4n) is 2.63. The van der Waals surface area contributed by atoms with Gasteiger partial charge in [-0.25, -0.2) is 9.37 Å². The maximum absolute atomic E-state index is 14.3. The van der Waals surface area contributed by atoms with E-state index in [4.69, 9.17) is 0 Å². The smallest absolute Gasteiger partial charge is 0.147 e. The van der Waals surface area contributed by atoms with E-state index >= 15 is 0 Å². The van der Waals surface area contributed by atoms with Crippen molar-refractivity contribution in [3.63, 3.8) is 0 Å². The van der Waals surface area contributed by atoms with Crippen LogP contribution in [0.1, 0.15) is 24.6 Å². The molecule has 4 heteroatoms. The van der Waals surface area contributed by atoms with E-state index in [1.807, 2.05) is 17.6 Å². The van der Waals surface area contributed by atoms with Crippen LogP contribution in [0.4, 0.5) is 10.1 Å². The molecule has 0 unspecified atom stereocenters. The number of rotatable bonds is 3. The van der Waals surface area contributed by atoms with Gasteiger partial charge >= 0.3 is 0 Å². The van der Waals surface area contributed by atoms with Crippen molar-refractivity contribution in [1.82, 2.24) is 4.98 Å². The predicted molar refractivity (Wildman–Crippen MR) is 78.3 cm³/mol. The lowest BCUT2D eigenvalue weighted by molar-refractivity contribution is 0.623. The van der Waals surface area contributed by atoms with E-state index in [0.717, 1.165) is 49.3 Å². The highest BCUT2D eigenvalue weighted by Crippen LogP contribution is 2.31. The van der Waals surface area contributed by atoms with Crippen LogP contribution in [0.5, 0.6) is 0 Å². The first-order valence-electron chi connectivity index (χ1n) is 6.77. The normalized spacial score (nSPS) is 15.2. The molecule has 0 saturated carbocycles. The second-order valence-electron chi connectivity index (χ2n) is 4.84. The Morgan fingerprint density at radius 2 is 2.11 bits per heavy atom. The molecule has 19 heavy (non-hydrogen) atoms. The van der Waals surface area contributed by atoms with Crippen LogP contribution in [0.25, 0.3) is 11.3 Å². The monoisotopic (exact) mass is 276 g/mol. The lowest BCUT2D eigenvalue weighted by atomic mass is 10.1. The van der Waals surface area contributed by atoms with Crippen LogP contribution in [0, 0.1) is 5.82 Å². The molecule has 0 amide bonds. The van der Waals surface area contributed by atoms with Gasteiger partial charge in [0.2, 0.25) is 0 Å². The second kappa shape index (κ2) is 5.29. The summed E-state index contributed by atoms with van der Waals surface area (Å²) in [5.41, 5.74) is 4.38. The summed E-state index contributed by atoms with van der Waals surface area (Å²) < 4.78 is 14.3. The van der Waals surface area contributed by atoms with Crippen molar-refractivity contribution in [2.45, 2.75) is 26.2 Å². The van der Waals surface area contributed by atoms with Crippen molar-refractivity contribution < 1.29 is 4.39 Å². The lowest BCUT2D eigenvalue weighted by Gasteiger charge is -2.18. The van der Waals surface area contributed by atoms with Crippen molar-refractivity contribution in [3.05, 3.63) is 34.4 Å². The molecule has 0 N–H and O–H groups in total. The first-order valence-corrected chi connectivity index (χ1v) is 7.65. The van der Waals surface area contributed by atoms with E-state index in [9.17, 15) is 4.39 Å². The number of anilines is 1. The van der Waals surface area contributed by atoms with Gasteiger partial charge < -0.3 is 4.90 Å². The van der Waals surface area contributed by atoms with Crippen LogP contribution in [0.2, 0.25) is 0 Å². The quantitative estimate of drug-likeness (QED) is 0.838. The van der Waals surface area contributed by atoms with E-state index in [0.29, 0.717) is 0 Å². The average Bonchev–Trinajstić information content (AvgIpc) is 3.09. The summed E-state index contributed by atoms with van der Waals surface area (Å²) >= 11 is 1.64. The molecule has 1 aliphatic rings. The van der Waals surface area contributed by atoms with Gasteiger partial charge in [0.15, 0.2) is 0 Å². The molecule has 1 aromatic heterocycles. The Bertz CT molecular complexity index is 573. The third kappa shape index (κ3) is 2.37. The molecular formula is C15H17FN2S. The lowest BCUT2D eigenvalue weighted by Crippen LogP contribution is -2.18. The fourth-order valence-corrected chi connectivity index (χ4v) is 3.36. The third-order valence-corrected chi connectivity index (χ3v) is 4.61. The van der Waals surface area contributed by atoms with Crippen LogP contribution in [-0.4, -0.2) is 18.1 Å². The molecule has 1 saturated heterocycles. The van der Waals surface area contributed by atoms with E-state index < -0.39 is 0 Å². The Balaban J connectivity index is 1.95. The van der Waals surface area contributed by atoms with Gasteiger partial charge in [-0.3, -0.25) is 0 Å². The zero-order chi connectivity index (χ0) is 13.2. The standard InChI is InChI=1S/C15H17FN2S/c1-2-14-15(17-10-19-14)11-5-6-13(12(16)9-11)18-7-3-4-8-18/h5-6,9-10H,2-4,7-8H2,1H3. The van der Waals surface area contributed by atoms with Crippen molar-refractivity contribution in [2.75, 3.05) is 18.0 Å². The average molecular weight is 276 g/mol.